The van der Waals surface area contributed by atoms with Gasteiger partial charge in [-0.3, -0.25) is 0 Å². The van der Waals surface area contributed by atoms with Crippen LogP contribution >= 0.6 is 0 Å². The van der Waals surface area contributed by atoms with Crippen molar-refractivity contribution in [2.45, 2.75) is 39.7 Å². The van der Waals surface area contributed by atoms with Crippen molar-refractivity contribution in [2.75, 3.05) is 23.7 Å². The topological polar surface area (TPSA) is 38.5 Å². The van der Waals surface area contributed by atoms with Crippen LogP contribution in [-0.2, 0) is 0 Å². The van der Waals surface area contributed by atoms with Crippen molar-refractivity contribution in [2.24, 2.45) is 5.92 Å². The number of benzene rings is 1. The van der Waals surface area contributed by atoms with Gasteiger partial charge in [0.05, 0.1) is 17.5 Å². The molecule has 1 aromatic carbocycles. The van der Waals surface area contributed by atoms with Gasteiger partial charge in [-0.25, -0.2) is 4.39 Å². The van der Waals surface area contributed by atoms with E-state index in [1.165, 1.54) is 18.9 Å². The van der Waals surface area contributed by atoms with Crippen molar-refractivity contribution in [3.05, 3.63) is 17.9 Å². The Kier molecular flexibility index (Phi) is 4.17. The van der Waals surface area contributed by atoms with Gasteiger partial charge in [-0.15, -0.1) is 0 Å². The van der Waals surface area contributed by atoms with Crippen molar-refractivity contribution in [1.82, 2.24) is 0 Å². The second-order valence-corrected chi connectivity index (χ2v) is 5.49. The Balaban J connectivity index is 2.26. The highest BCUT2D eigenvalue weighted by Gasteiger charge is 2.25. The summed E-state index contributed by atoms with van der Waals surface area (Å²) in [6.45, 7) is 7.73. The van der Waals surface area contributed by atoms with Crippen LogP contribution in [0.15, 0.2) is 12.1 Å². The Morgan fingerprint density at radius 3 is 2.63 bits per heavy atom. The van der Waals surface area contributed by atoms with Crippen LogP contribution in [0.3, 0.4) is 0 Å². The lowest BCUT2D eigenvalue weighted by atomic mass is 10.2. The second kappa shape index (κ2) is 5.68. The minimum Gasteiger partial charge on any atom is -0.488 e. The molecule has 0 radical (unpaired) electrons. The molecule has 3 nitrogen and oxygen atoms in total. The third-order valence-electron chi connectivity index (χ3n) is 3.34. The van der Waals surface area contributed by atoms with Gasteiger partial charge < -0.3 is 15.4 Å². The number of anilines is 2. The Hall–Kier alpha value is -1.45. The van der Waals surface area contributed by atoms with Crippen LogP contribution in [0, 0.1) is 11.7 Å². The molecule has 0 bridgehead atoms. The van der Waals surface area contributed by atoms with Gasteiger partial charge >= 0.3 is 0 Å². The summed E-state index contributed by atoms with van der Waals surface area (Å²) < 4.78 is 19.3. The fourth-order valence-electron chi connectivity index (χ4n) is 2.19. The molecule has 0 aromatic heterocycles. The van der Waals surface area contributed by atoms with Gasteiger partial charge in [0.25, 0.3) is 0 Å². The van der Waals surface area contributed by atoms with E-state index in [1.807, 2.05) is 13.8 Å². The molecule has 0 aliphatic heterocycles. The van der Waals surface area contributed by atoms with E-state index >= 15 is 0 Å². The molecule has 2 N–H and O–H groups in total. The molecule has 0 saturated heterocycles. The second-order valence-electron chi connectivity index (χ2n) is 5.49. The summed E-state index contributed by atoms with van der Waals surface area (Å²) in [4.78, 5) is 2.21. The summed E-state index contributed by atoms with van der Waals surface area (Å²) in [5.41, 5.74) is 7.32. The molecule has 0 unspecified atom stereocenters. The molecule has 0 heterocycles. The summed E-state index contributed by atoms with van der Waals surface area (Å²) >= 11 is 0. The molecule has 19 heavy (non-hydrogen) atoms. The van der Waals surface area contributed by atoms with Gasteiger partial charge in [-0.05, 0) is 39.5 Å². The van der Waals surface area contributed by atoms with E-state index in [4.69, 9.17) is 10.5 Å². The van der Waals surface area contributed by atoms with Crippen LogP contribution in [0.25, 0.3) is 0 Å². The van der Waals surface area contributed by atoms with E-state index in [1.54, 1.807) is 6.07 Å². The van der Waals surface area contributed by atoms with E-state index in [0.717, 1.165) is 24.7 Å². The fraction of sp³-hybridized carbons (Fsp3) is 0.600. The van der Waals surface area contributed by atoms with Crippen LogP contribution < -0.4 is 15.4 Å². The maximum Gasteiger partial charge on any atom is 0.167 e. The number of halogens is 1. The molecule has 1 fully saturated rings. The number of hydrogen-bond acceptors (Lipinski definition) is 3. The van der Waals surface area contributed by atoms with Gasteiger partial charge in [-0.1, -0.05) is 0 Å². The zero-order chi connectivity index (χ0) is 14.0. The summed E-state index contributed by atoms with van der Waals surface area (Å²) in [6.07, 6.45) is 2.52. The number of ether oxygens (including phenoxy) is 1. The average molecular weight is 266 g/mol. The molecule has 1 aliphatic carbocycles. The van der Waals surface area contributed by atoms with Gasteiger partial charge in [0.2, 0.25) is 0 Å². The van der Waals surface area contributed by atoms with Crippen molar-refractivity contribution >= 4 is 11.4 Å². The largest absolute Gasteiger partial charge is 0.488 e. The predicted molar refractivity (Wildman–Crippen MR) is 77.2 cm³/mol. The third kappa shape index (κ3) is 3.52. The van der Waals surface area contributed by atoms with E-state index in [2.05, 4.69) is 11.8 Å². The van der Waals surface area contributed by atoms with Gasteiger partial charge in [-0.2, -0.15) is 0 Å². The van der Waals surface area contributed by atoms with Gasteiger partial charge in [0, 0.05) is 25.2 Å². The number of nitrogen functional groups attached to an aromatic ring is 1. The molecule has 2 rings (SSSR count). The minimum atomic E-state index is -0.391. The van der Waals surface area contributed by atoms with Gasteiger partial charge in [0.1, 0.15) is 0 Å². The van der Waals surface area contributed by atoms with Crippen LogP contribution in [0.1, 0.15) is 33.6 Å². The summed E-state index contributed by atoms with van der Waals surface area (Å²) in [6, 6.07) is 3.10. The van der Waals surface area contributed by atoms with E-state index in [0.29, 0.717) is 5.69 Å². The van der Waals surface area contributed by atoms with E-state index in [9.17, 15) is 4.39 Å². The molecular formula is C15H23FN2O. The molecule has 1 aliphatic rings. The average Bonchev–Trinajstić information content (AvgIpc) is 3.13. The quantitative estimate of drug-likeness (QED) is 0.802. The van der Waals surface area contributed by atoms with Crippen LogP contribution in [0.2, 0.25) is 0 Å². The highest BCUT2D eigenvalue weighted by atomic mass is 19.1. The molecule has 1 aromatic rings. The predicted octanol–water partition coefficient (Wildman–Crippen LogP) is 3.43. The SMILES string of the molecule is CCN(CC1CC1)c1cc(OC(C)C)c(F)cc1N. The van der Waals surface area contributed by atoms with E-state index in [-0.39, 0.29) is 11.9 Å². The van der Waals surface area contributed by atoms with Crippen molar-refractivity contribution in [3.8, 4) is 5.75 Å². The lowest BCUT2D eigenvalue weighted by Gasteiger charge is -2.25. The van der Waals surface area contributed by atoms with Crippen molar-refractivity contribution in [3.63, 3.8) is 0 Å². The zero-order valence-corrected chi connectivity index (χ0v) is 11.9. The molecular weight excluding hydrogens is 243 g/mol. The van der Waals surface area contributed by atoms with Crippen molar-refractivity contribution in [1.29, 1.82) is 0 Å². The molecule has 106 valence electrons. The fourth-order valence-corrected chi connectivity index (χ4v) is 2.19. The standard InChI is InChI=1S/C15H23FN2O/c1-4-18(9-11-5-6-11)14-8-15(19-10(2)3)12(16)7-13(14)17/h7-8,10-11H,4-6,9,17H2,1-3H3. The maximum absolute atomic E-state index is 13.8. The normalized spacial score (nSPS) is 14.8. The summed E-state index contributed by atoms with van der Waals surface area (Å²) in [7, 11) is 0. The maximum atomic E-state index is 13.8. The highest BCUT2D eigenvalue weighted by Crippen LogP contribution is 2.35. The molecule has 0 amide bonds. The number of nitrogens with zero attached hydrogens (tertiary/aromatic N) is 1. The minimum absolute atomic E-state index is 0.0514. The Bertz CT molecular complexity index is 444. The van der Waals surface area contributed by atoms with Crippen molar-refractivity contribution < 1.29 is 9.13 Å². The highest BCUT2D eigenvalue weighted by molar-refractivity contribution is 5.70. The number of rotatable bonds is 6. The first-order valence-corrected chi connectivity index (χ1v) is 7.01. The molecule has 1 saturated carbocycles. The van der Waals surface area contributed by atoms with Gasteiger partial charge in [0.15, 0.2) is 11.6 Å². The first-order chi connectivity index (χ1) is 9.01. The third-order valence-corrected chi connectivity index (χ3v) is 3.34. The lowest BCUT2D eigenvalue weighted by molar-refractivity contribution is 0.231. The zero-order valence-electron chi connectivity index (χ0n) is 11.9. The van der Waals surface area contributed by atoms with E-state index < -0.39 is 5.82 Å². The molecule has 4 heteroatoms. The summed E-state index contributed by atoms with van der Waals surface area (Å²) in [5.74, 6) is 0.657. The Labute approximate surface area is 114 Å². The monoisotopic (exact) mass is 266 g/mol. The Morgan fingerprint density at radius 1 is 1.42 bits per heavy atom. The number of hydrogen-bond donors (Lipinski definition) is 1. The molecule has 0 atom stereocenters. The molecule has 0 spiro atoms. The first-order valence-electron chi connectivity index (χ1n) is 7.01. The van der Waals surface area contributed by atoms with Crippen LogP contribution in [0.4, 0.5) is 15.8 Å². The number of nitrogens with two attached hydrogens (primary N) is 1. The van der Waals surface area contributed by atoms with Crippen LogP contribution in [-0.4, -0.2) is 19.2 Å². The smallest absolute Gasteiger partial charge is 0.167 e. The summed E-state index contributed by atoms with van der Waals surface area (Å²) in [5, 5.41) is 0. The first kappa shape index (κ1) is 14.0. The van der Waals surface area contributed by atoms with Crippen LogP contribution in [0.5, 0.6) is 5.75 Å². The Morgan fingerprint density at radius 2 is 2.11 bits per heavy atom. The lowest BCUT2D eigenvalue weighted by Crippen LogP contribution is -2.26.